The number of aromatic nitrogens is 1. The minimum atomic E-state index is 0.646. The summed E-state index contributed by atoms with van der Waals surface area (Å²) < 4.78 is 0. The monoisotopic (exact) mass is 300 g/mol. The van der Waals surface area contributed by atoms with Crippen LogP contribution < -0.4 is 15.5 Å². The second kappa shape index (κ2) is 7.59. The Kier molecular flexibility index (Phi) is 5.51. The molecule has 0 aliphatic carbocycles. The van der Waals surface area contributed by atoms with Crippen LogP contribution in [0.1, 0.15) is 11.1 Å². The number of hydrogen-bond acceptors (Lipinski definition) is 3. The van der Waals surface area contributed by atoms with Crippen molar-refractivity contribution in [3.63, 3.8) is 0 Å². The molecule has 110 valence electrons. The second-order valence-electron chi connectivity index (χ2n) is 4.90. The summed E-state index contributed by atoms with van der Waals surface area (Å²) in [6, 6.07) is 14.2. The summed E-state index contributed by atoms with van der Waals surface area (Å²) in [6.07, 6.45) is 1.80. The molecule has 2 rings (SSSR count). The largest absolute Gasteiger partial charge is 0.362 e. The third kappa shape index (κ3) is 4.72. The molecule has 0 radical (unpaired) electrons. The molecule has 0 fully saturated rings. The number of pyridine rings is 1. The van der Waals surface area contributed by atoms with Crippen molar-refractivity contribution in [1.29, 1.82) is 0 Å². The van der Waals surface area contributed by atoms with E-state index in [2.05, 4.69) is 33.8 Å². The topological polar surface area (TPSA) is 40.2 Å². The lowest BCUT2D eigenvalue weighted by Crippen LogP contribution is -2.34. The van der Waals surface area contributed by atoms with Crippen LogP contribution in [0, 0.1) is 0 Å². The van der Waals surface area contributed by atoms with Crippen LogP contribution in [0.25, 0.3) is 0 Å². The minimum Gasteiger partial charge on any atom is -0.362 e. The van der Waals surface area contributed by atoms with E-state index in [4.69, 9.17) is 12.2 Å². The predicted octanol–water partition coefficient (Wildman–Crippen LogP) is 2.31. The van der Waals surface area contributed by atoms with E-state index in [1.54, 1.807) is 6.20 Å². The highest BCUT2D eigenvalue weighted by molar-refractivity contribution is 7.80. The highest BCUT2D eigenvalue weighted by atomic mass is 32.1. The zero-order valence-electron chi connectivity index (χ0n) is 12.3. The van der Waals surface area contributed by atoms with Gasteiger partial charge in [-0.15, -0.1) is 0 Å². The van der Waals surface area contributed by atoms with E-state index in [9.17, 15) is 0 Å². The van der Waals surface area contributed by atoms with Gasteiger partial charge in [-0.05, 0) is 23.8 Å². The Bertz CT molecular complexity index is 584. The third-order valence-corrected chi connectivity index (χ3v) is 3.32. The van der Waals surface area contributed by atoms with Crippen LogP contribution in [0.15, 0.2) is 48.7 Å². The lowest BCUT2D eigenvalue weighted by molar-refractivity contribution is 0.826. The van der Waals surface area contributed by atoms with Gasteiger partial charge in [0, 0.05) is 38.9 Å². The standard InChI is InChI=1S/C16H20N4S/c1-20(2)15-14(9-6-10-17-15)12-19-16(21)18-11-13-7-4-3-5-8-13/h3-10H,11-12H2,1-2H3,(H2,18,19,21). The minimum absolute atomic E-state index is 0.646. The number of nitrogens with zero attached hydrogens (tertiary/aromatic N) is 2. The number of benzene rings is 1. The maximum absolute atomic E-state index is 5.31. The molecule has 2 aromatic rings. The van der Waals surface area contributed by atoms with E-state index in [-0.39, 0.29) is 0 Å². The van der Waals surface area contributed by atoms with Crippen molar-refractivity contribution in [3.8, 4) is 0 Å². The summed E-state index contributed by atoms with van der Waals surface area (Å²) in [4.78, 5) is 6.37. The fourth-order valence-corrected chi connectivity index (χ4v) is 2.13. The molecule has 2 N–H and O–H groups in total. The van der Waals surface area contributed by atoms with Crippen LogP contribution in [0.2, 0.25) is 0 Å². The molecule has 0 unspecified atom stereocenters. The Morgan fingerprint density at radius 2 is 1.76 bits per heavy atom. The smallest absolute Gasteiger partial charge is 0.166 e. The van der Waals surface area contributed by atoms with Gasteiger partial charge in [0.2, 0.25) is 0 Å². The van der Waals surface area contributed by atoms with Crippen molar-refractivity contribution in [2.24, 2.45) is 0 Å². The number of rotatable bonds is 5. The van der Waals surface area contributed by atoms with Gasteiger partial charge in [0.15, 0.2) is 5.11 Å². The molecule has 21 heavy (non-hydrogen) atoms. The molecular weight excluding hydrogens is 280 g/mol. The summed E-state index contributed by atoms with van der Waals surface area (Å²) in [5.74, 6) is 0.954. The Hall–Kier alpha value is -2.14. The molecule has 0 aliphatic heterocycles. The number of nitrogens with one attached hydrogen (secondary N) is 2. The van der Waals surface area contributed by atoms with Crippen LogP contribution in [0.4, 0.5) is 5.82 Å². The Morgan fingerprint density at radius 3 is 2.48 bits per heavy atom. The summed E-state index contributed by atoms with van der Waals surface area (Å²) in [5, 5.41) is 7.07. The maximum Gasteiger partial charge on any atom is 0.166 e. The molecule has 0 amide bonds. The molecule has 1 aromatic heterocycles. The zero-order chi connectivity index (χ0) is 15.1. The lowest BCUT2D eigenvalue weighted by atomic mass is 10.2. The van der Waals surface area contributed by atoms with E-state index in [1.807, 2.05) is 43.3 Å². The molecular formula is C16H20N4S. The van der Waals surface area contributed by atoms with Gasteiger partial charge < -0.3 is 15.5 Å². The predicted molar refractivity (Wildman–Crippen MR) is 91.3 cm³/mol. The van der Waals surface area contributed by atoms with Gasteiger partial charge in [0.25, 0.3) is 0 Å². The number of thiocarbonyl (C=S) groups is 1. The molecule has 5 heteroatoms. The maximum atomic E-state index is 5.31. The Labute approximate surface area is 131 Å². The van der Waals surface area contributed by atoms with E-state index >= 15 is 0 Å². The molecule has 0 bridgehead atoms. The summed E-state index contributed by atoms with van der Waals surface area (Å²) in [6.45, 7) is 1.38. The van der Waals surface area contributed by atoms with E-state index < -0.39 is 0 Å². The van der Waals surface area contributed by atoms with Crippen LogP contribution in [0.5, 0.6) is 0 Å². The fourth-order valence-electron chi connectivity index (χ4n) is 1.99. The molecule has 0 saturated heterocycles. The average Bonchev–Trinajstić information content (AvgIpc) is 2.52. The van der Waals surface area contributed by atoms with Crippen molar-refractivity contribution in [1.82, 2.24) is 15.6 Å². The molecule has 0 saturated carbocycles. The van der Waals surface area contributed by atoms with Gasteiger partial charge in [-0.3, -0.25) is 0 Å². The Balaban J connectivity index is 1.84. The molecule has 0 atom stereocenters. The first kappa shape index (κ1) is 15.3. The first-order chi connectivity index (χ1) is 10.2. The summed E-state index contributed by atoms with van der Waals surface area (Å²) in [5.41, 5.74) is 2.32. The zero-order valence-corrected chi connectivity index (χ0v) is 13.2. The highest BCUT2D eigenvalue weighted by Crippen LogP contribution is 2.13. The second-order valence-corrected chi connectivity index (χ2v) is 5.31. The first-order valence-corrected chi connectivity index (χ1v) is 7.24. The first-order valence-electron chi connectivity index (χ1n) is 6.83. The lowest BCUT2D eigenvalue weighted by Gasteiger charge is -2.17. The van der Waals surface area contributed by atoms with Crippen molar-refractivity contribution >= 4 is 23.1 Å². The highest BCUT2D eigenvalue weighted by Gasteiger charge is 2.05. The third-order valence-electron chi connectivity index (χ3n) is 3.03. The van der Waals surface area contributed by atoms with Gasteiger partial charge in [-0.1, -0.05) is 36.4 Å². The SMILES string of the molecule is CN(C)c1ncccc1CNC(=S)NCc1ccccc1. The molecule has 0 spiro atoms. The molecule has 4 nitrogen and oxygen atoms in total. The summed E-state index contributed by atoms with van der Waals surface area (Å²) >= 11 is 5.31. The quantitative estimate of drug-likeness (QED) is 0.829. The number of anilines is 1. The van der Waals surface area contributed by atoms with Gasteiger partial charge >= 0.3 is 0 Å². The van der Waals surface area contributed by atoms with Crippen LogP contribution in [0.3, 0.4) is 0 Å². The van der Waals surface area contributed by atoms with Crippen molar-refractivity contribution < 1.29 is 0 Å². The fraction of sp³-hybridized carbons (Fsp3) is 0.250. The molecule has 0 aliphatic rings. The van der Waals surface area contributed by atoms with Gasteiger partial charge in [0.05, 0.1) is 0 Å². The van der Waals surface area contributed by atoms with E-state index in [1.165, 1.54) is 5.56 Å². The average molecular weight is 300 g/mol. The normalized spacial score (nSPS) is 10.0. The summed E-state index contributed by atoms with van der Waals surface area (Å²) in [7, 11) is 3.97. The van der Waals surface area contributed by atoms with Crippen LogP contribution in [-0.2, 0) is 13.1 Å². The van der Waals surface area contributed by atoms with Gasteiger partial charge in [-0.25, -0.2) is 4.98 Å². The van der Waals surface area contributed by atoms with Gasteiger partial charge in [0.1, 0.15) is 5.82 Å². The van der Waals surface area contributed by atoms with Crippen molar-refractivity contribution in [3.05, 3.63) is 59.8 Å². The number of hydrogen-bond donors (Lipinski definition) is 2. The van der Waals surface area contributed by atoms with Crippen molar-refractivity contribution in [2.75, 3.05) is 19.0 Å². The molecule has 1 aromatic carbocycles. The van der Waals surface area contributed by atoms with Crippen molar-refractivity contribution in [2.45, 2.75) is 13.1 Å². The van der Waals surface area contributed by atoms with E-state index in [0.717, 1.165) is 17.9 Å². The molecule has 1 heterocycles. The van der Waals surface area contributed by atoms with Gasteiger partial charge in [-0.2, -0.15) is 0 Å². The van der Waals surface area contributed by atoms with E-state index in [0.29, 0.717) is 11.7 Å². The van der Waals surface area contributed by atoms with Crippen LogP contribution in [-0.4, -0.2) is 24.2 Å². The van der Waals surface area contributed by atoms with Crippen LogP contribution >= 0.6 is 12.2 Å². The Morgan fingerprint density at radius 1 is 1.05 bits per heavy atom.